The number of amides is 4. The van der Waals surface area contributed by atoms with Crippen LogP contribution in [0.1, 0.15) is 32.4 Å². The molecule has 1 aromatic heterocycles. The fourth-order valence-corrected chi connectivity index (χ4v) is 2.82. The first kappa shape index (κ1) is 28.5. The Hall–Kier alpha value is -3.56. The fourth-order valence-electron chi connectivity index (χ4n) is 2.82. The number of nitrogens with zero attached hydrogens (tertiary/aromatic N) is 1. The Morgan fingerprint density at radius 3 is 1.97 bits per heavy atom. The van der Waals surface area contributed by atoms with Crippen LogP contribution in [-0.4, -0.2) is 91.3 Å². The van der Waals surface area contributed by atoms with Crippen LogP contribution in [0.25, 0.3) is 0 Å². The smallest absolute Gasteiger partial charge is 0.326 e. The number of aromatic amines is 1. The molecule has 4 amide bonds. The van der Waals surface area contributed by atoms with E-state index in [1.165, 1.54) is 26.4 Å². The number of carboxylic acids is 1. The Labute approximate surface area is 194 Å². The van der Waals surface area contributed by atoms with Gasteiger partial charge in [-0.2, -0.15) is 0 Å². The monoisotopic (exact) mass is 485 g/mol. The highest BCUT2D eigenvalue weighted by Gasteiger charge is 2.34. The number of carbonyl (C=O) groups is 5. The Bertz CT molecular complexity index is 859. The molecule has 0 aromatic carbocycles. The van der Waals surface area contributed by atoms with Crippen molar-refractivity contribution in [1.29, 1.82) is 0 Å². The van der Waals surface area contributed by atoms with Crippen LogP contribution >= 0.6 is 0 Å². The second-order valence-corrected chi connectivity index (χ2v) is 7.75. The van der Waals surface area contributed by atoms with Gasteiger partial charge in [0.2, 0.25) is 23.6 Å². The maximum absolute atomic E-state index is 12.7. The van der Waals surface area contributed by atoms with E-state index in [9.17, 15) is 39.3 Å². The summed E-state index contributed by atoms with van der Waals surface area (Å²) in [5.41, 5.74) is 11.1. The van der Waals surface area contributed by atoms with Crippen molar-refractivity contribution in [2.24, 2.45) is 11.5 Å². The number of rotatable bonds is 14. The van der Waals surface area contributed by atoms with Crippen LogP contribution in [0.5, 0.6) is 0 Å². The van der Waals surface area contributed by atoms with Gasteiger partial charge in [0, 0.05) is 24.7 Å². The lowest BCUT2D eigenvalue weighted by Gasteiger charge is -2.27. The zero-order valence-electron chi connectivity index (χ0n) is 18.7. The average molecular weight is 485 g/mol. The number of nitrogens with two attached hydrogens (primary N) is 2. The van der Waals surface area contributed by atoms with Crippen molar-refractivity contribution < 1.29 is 39.3 Å². The zero-order valence-corrected chi connectivity index (χ0v) is 18.7. The minimum Gasteiger partial charge on any atom is -0.480 e. The number of hydrogen-bond acceptors (Lipinski definition) is 9. The second kappa shape index (κ2) is 13.2. The van der Waals surface area contributed by atoms with E-state index in [0.717, 1.165) is 0 Å². The molecule has 0 spiro atoms. The SMILES string of the molecule is CC(O)C(NC(=O)C(N)CCC(N)=O)C(=O)NC(C(=O)NC(Cc1cnc[nH]1)C(=O)O)C(C)O. The summed E-state index contributed by atoms with van der Waals surface area (Å²) in [5.74, 6) is -4.94. The Morgan fingerprint density at radius 2 is 1.53 bits per heavy atom. The number of nitrogens with one attached hydrogen (secondary N) is 4. The maximum Gasteiger partial charge on any atom is 0.326 e. The molecule has 15 nitrogen and oxygen atoms in total. The summed E-state index contributed by atoms with van der Waals surface area (Å²) >= 11 is 0. The molecule has 0 saturated carbocycles. The second-order valence-electron chi connectivity index (χ2n) is 7.75. The predicted molar refractivity (Wildman–Crippen MR) is 115 cm³/mol. The van der Waals surface area contributed by atoms with Gasteiger partial charge in [-0.15, -0.1) is 0 Å². The topological polar surface area (TPSA) is 263 Å². The van der Waals surface area contributed by atoms with Gasteiger partial charge < -0.3 is 47.7 Å². The lowest BCUT2D eigenvalue weighted by Crippen LogP contribution is -2.62. The minimum atomic E-state index is -1.61. The quantitative estimate of drug-likeness (QED) is 0.123. The molecule has 190 valence electrons. The maximum atomic E-state index is 12.7. The normalized spacial score (nSPS) is 16.3. The van der Waals surface area contributed by atoms with Crippen molar-refractivity contribution in [1.82, 2.24) is 25.9 Å². The highest BCUT2D eigenvalue weighted by molar-refractivity contribution is 5.94. The van der Waals surface area contributed by atoms with E-state index in [1.807, 2.05) is 0 Å². The molecule has 0 radical (unpaired) electrons. The summed E-state index contributed by atoms with van der Waals surface area (Å²) in [7, 11) is 0. The number of H-pyrrole nitrogens is 1. The molecule has 0 fully saturated rings. The van der Waals surface area contributed by atoms with E-state index in [4.69, 9.17) is 11.5 Å². The first-order valence-corrected chi connectivity index (χ1v) is 10.3. The minimum absolute atomic E-state index is 0.0963. The van der Waals surface area contributed by atoms with E-state index in [2.05, 4.69) is 25.9 Å². The van der Waals surface area contributed by atoms with Crippen molar-refractivity contribution >= 4 is 29.6 Å². The van der Waals surface area contributed by atoms with E-state index in [1.54, 1.807) is 0 Å². The molecular weight excluding hydrogens is 454 g/mol. The van der Waals surface area contributed by atoms with Crippen LogP contribution in [0.4, 0.5) is 0 Å². The molecule has 1 aromatic rings. The first-order valence-electron chi connectivity index (χ1n) is 10.3. The summed E-state index contributed by atoms with van der Waals surface area (Å²) in [6.45, 7) is 2.38. The van der Waals surface area contributed by atoms with Gasteiger partial charge in [0.15, 0.2) is 0 Å². The van der Waals surface area contributed by atoms with Crippen LogP contribution in [0.2, 0.25) is 0 Å². The van der Waals surface area contributed by atoms with E-state index in [-0.39, 0.29) is 19.3 Å². The number of primary amides is 1. The Morgan fingerprint density at radius 1 is 1.00 bits per heavy atom. The molecule has 0 aliphatic carbocycles. The number of aliphatic hydroxyl groups excluding tert-OH is 2. The van der Waals surface area contributed by atoms with Crippen molar-refractivity contribution in [2.45, 2.75) is 69.5 Å². The van der Waals surface area contributed by atoms with Crippen molar-refractivity contribution in [3.8, 4) is 0 Å². The van der Waals surface area contributed by atoms with Gasteiger partial charge in [0.25, 0.3) is 0 Å². The molecule has 0 bridgehead atoms. The Balaban J connectivity index is 2.88. The van der Waals surface area contributed by atoms with Gasteiger partial charge >= 0.3 is 5.97 Å². The molecule has 11 N–H and O–H groups in total. The van der Waals surface area contributed by atoms with Crippen LogP contribution in [0, 0.1) is 0 Å². The van der Waals surface area contributed by atoms with Crippen molar-refractivity contribution in [2.75, 3.05) is 0 Å². The van der Waals surface area contributed by atoms with Crippen LogP contribution < -0.4 is 27.4 Å². The lowest BCUT2D eigenvalue weighted by atomic mass is 10.1. The molecule has 15 heteroatoms. The van der Waals surface area contributed by atoms with Gasteiger partial charge in [0.1, 0.15) is 18.1 Å². The summed E-state index contributed by atoms with van der Waals surface area (Å²) < 4.78 is 0. The summed E-state index contributed by atoms with van der Waals surface area (Å²) in [6, 6.07) is -5.78. The van der Waals surface area contributed by atoms with Gasteiger partial charge in [-0.05, 0) is 20.3 Å². The van der Waals surface area contributed by atoms with Crippen LogP contribution in [0.15, 0.2) is 12.5 Å². The van der Waals surface area contributed by atoms with Gasteiger partial charge in [-0.25, -0.2) is 9.78 Å². The predicted octanol–water partition coefficient (Wildman–Crippen LogP) is -4.15. The molecule has 0 aliphatic heterocycles. The zero-order chi connectivity index (χ0) is 26.0. The molecule has 0 aliphatic rings. The molecule has 1 rings (SSSR count). The number of hydrogen-bond donors (Lipinski definition) is 9. The van der Waals surface area contributed by atoms with E-state index >= 15 is 0 Å². The van der Waals surface area contributed by atoms with Crippen molar-refractivity contribution in [3.63, 3.8) is 0 Å². The molecule has 34 heavy (non-hydrogen) atoms. The average Bonchev–Trinajstić information content (AvgIpc) is 3.25. The summed E-state index contributed by atoms with van der Waals surface area (Å²) in [5, 5.41) is 36.0. The molecule has 0 saturated heterocycles. The fraction of sp³-hybridized carbons (Fsp3) is 0.579. The largest absolute Gasteiger partial charge is 0.480 e. The molecule has 6 atom stereocenters. The van der Waals surface area contributed by atoms with E-state index < -0.39 is 66.0 Å². The highest BCUT2D eigenvalue weighted by Crippen LogP contribution is 2.04. The number of carboxylic acid groups (broad SMARTS) is 1. The third-order valence-electron chi connectivity index (χ3n) is 4.76. The first-order chi connectivity index (χ1) is 15.8. The van der Waals surface area contributed by atoms with E-state index in [0.29, 0.717) is 5.69 Å². The van der Waals surface area contributed by atoms with Gasteiger partial charge in [-0.3, -0.25) is 19.2 Å². The number of imidazole rings is 1. The number of aliphatic carboxylic acids is 1. The molecular formula is C19H31N7O8. The third-order valence-corrected chi connectivity index (χ3v) is 4.76. The van der Waals surface area contributed by atoms with Gasteiger partial charge in [-0.1, -0.05) is 0 Å². The standard InChI is InChI=1S/C19H31N7O8/c1-8(27)14(17(31)24-12(19(33)34)5-10-6-22-7-23-10)26-18(32)15(9(2)28)25-16(30)11(20)3-4-13(21)29/h6-9,11-12,14-15,27-28H,3-5,20H2,1-2H3,(H2,21,29)(H,22,23)(H,24,31)(H,25,30)(H,26,32)(H,33,34). The van der Waals surface area contributed by atoms with Crippen molar-refractivity contribution in [3.05, 3.63) is 18.2 Å². The highest BCUT2D eigenvalue weighted by atomic mass is 16.4. The summed E-state index contributed by atoms with van der Waals surface area (Å²) in [4.78, 5) is 66.4. The van der Waals surface area contributed by atoms with Crippen LogP contribution in [0.3, 0.4) is 0 Å². The van der Waals surface area contributed by atoms with Gasteiger partial charge in [0.05, 0.1) is 24.6 Å². The lowest BCUT2D eigenvalue weighted by molar-refractivity contribution is -0.143. The summed E-state index contributed by atoms with van der Waals surface area (Å²) in [6.07, 6.45) is -0.601. The number of aromatic nitrogens is 2. The number of carbonyl (C=O) groups excluding carboxylic acids is 4. The number of aliphatic hydroxyl groups is 2. The Kier molecular flexibility index (Phi) is 11.1. The molecule has 6 unspecified atom stereocenters. The third kappa shape index (κ3) is 9.13. The molecule has 1 heterocycles. The van der Waals surface area contributed by atoms with Crippen LogP contribution in [-0.2, 0) is 30.4 Å².